The molecule has 5 fully saturated rings. The molecule has 3 saturated heterocycles. The molecule has 138 valence electrons. The molecule has 0 aromatic heterocycles. The number of ether oxygens (including phenoxy) is 3. The number of fused-ring (bicyclic) bond motifs is 2. The van der Waals surface area contributed by atoms with Crippen molar-refractivity contribution in [1.29, 1.82) is 0 Å². The van der Waals surface area contributed by atoms with Crippen molar-refractivity contribution in [3.05, 3.63) is 0 Å². The number of rotatable bonds is 1. The summed E-state index contributed by atoms with van der Waals surface area (Å²) in [7, 11) is 0. The number of carbonyl (C=O) groups excluding carboxylic acids is 2. The highest BCUT2D eigenvalue weighted by molar-refractivity contribution is 5.77. The standard InChI is InChI=1S/C20H28O5/c1-19-9-15(12-6-8-23-10-12)25-18(22)13(19)5-7-20-11-24-17(21)14(20)3-2-4-16(19)20/h12-16H,2-11H2,1H3/t12-,13-,14+,15+,16-,19-,20+/m0/s1. The average Bonchev–Trinajstić information content (AvgIpc) is 3.23. The number of esters is 2. The van der Waals surface area contributed by atoms with Gasteiger partial charge in [-0.3, -0.25) is 9.59 Å². The van der Waals surface area contributed by atoms with E-state index < -0.39 is 0 Å². The quantitative estimate of drug-likeness (QED) is 0.682. The van der Waals surface area contributed by atoms with E-state index in [9.17, 15) is 9.59 Å². The molecule has 0 radical (unpaired) electrons. The van der Waals surface area contributed by atoms with E-state index in [1.54, 1.807) is 0 Å². The molecule has 5 aliphatic rings. The van der Waals surface area contributed by atoms with Crippen molar-refractivity contribution in [2.24, 2.45) is 34.5 Å². The number of hydrogen-bond donors (Lipinski definition) is 0. The third-order valence-corrected chi connectivity index (χ3v) is 8.32. The summed E-state index contributed by atoms with van der Waals surface area (Å²) in [4.78, 5) is 25.2. The molecule has 2 saturated carbocycles. The van der Waals surface area contributed by atoms with Crippen LogP contribution in [0.15, 0.2) is 0 Å². The summed E-state index contributed by atoms with van der Waals surface area (Å²) in [5, 5.41) is 0. The van der Waals surface area contributed by atoms with E-state index in [1.165, 1.54) is 0 Å². The highest BCUT2D eigenvalue weighted by atomic mass is 16.6. The van der Waals surface area contributed by atoms with Gasteiger partial charge in [0.05, 0.1) is 25.0 Å². The minimum absolute atomic E-state index is 0.00544. The summed E-state index contributed by atoms with van der Waals surface area (Å²) in [6.07, 6.45) is 6.80. The predicted molar refractivity (Wildman–Crippen MR) is 88.5 cm³/mol. The fourth-order valence-corrected chi connectivity index (χ4v) is 7.08. The molecule has 5 nitrogen and oxygen atoms in total. The van der Waals surface area contributed by atoms with Crippen molar-refractivity contribution in [3.63, 3.8) is 0 Å². The van der Waals surface area contributed by atoms with Crippen LogP contribution in [0.4, 0.5) is 0 Å². The maximum Gasteiger partial charge on any atom is 0.309 e. The maximum atomic E-state index is 12.9. The van der Waals surface area contributed by atoms with E-state index in [1.807, 2.05) is 0 Å². The maximum absolute atomic E-state index is 12.9. The van der Waals surface area contributed by atoms with Crippen molar-refractivity contribution in [2.45, 2.75) is 58.0 Å². The lowest BCUT2D eigenvalue weighted by atomic mass is 9.44. The van der Waals surface area contributed by atoms with Gasteiger partial charge in [-0.1, -0.05) is 13.3 Å². The van der Waals surface area contributed by atoms with Gasteiger partial charge in [0.2, 0.25) is 0 Å². The van der Waals surface area contributed by atoms with Crippen LogP contribution in [0.25, 0.3) is 0 Å². The third-order valence-electron chi connectivity index (χ3n) is 8.32. The molecule has 3 aliphatic heterocycles. The summed E-state index contributed by atoms with van der Waals surface area (Å²) in [5.41, 5.74) is -0.109. The molecule has 2 aliphatic carbocycles. The van der Waals surface area contributed by atoms with Crippen molar-refractivity contribution in [1.82, 2.24) is 0 Å². The van der Waals surface area contributed by atoms with Crippen LogP contribution in [-0.2, 0) is 23.8 Å². The van der Waals surface area contributed by atoms with Gasteiger partial charge < -0.3 is 14.2 Å². The highest BCUT2D eigenvalue weighted by Gasteiger charge is 2.67. The molecule has 3 heterocycles. The Balaban J connectivity index is 1.50. The molecule has 0 bridgehead atoms. The molecule has 0 amide bonds. The van der Waals surface area contributed by atoms with Crippen molar-refractivity contribution in [2.75, 3.05) is 19.8 Å². The average molecular weight is 348 g/mol. The zero-order chi connectivity index (χ0) is 17.2. The van der Waals surface area contributed by atoms with Gasteiger partial charge in [-0.2, -0.15) is 0 Å². The SMILES string of the molecule is C[C@]12C[C@H]([C@H]3CCOC3)OC(=O)[C@@H]1CC[C@@]13COC(=O)[C@H]1CCC[C@@H]23. The molecule has 1 spiro atoms. The van der Waals surface area contributed by atoms with Crippen molar-refractivity contribution >= 4 is 11.9 Å². The minimum atomic E-state index is -0.0759. The van der Waals surface area contributed by atoms with Crippen molar-refractivity contribution in [3.8, 4) is 0 Å². The second-order valence-corrected chi connectivity index (χ2v) is 9.28. The van der Waals surface area contributed by atoms with Gasteiger partial charge in [0.1, 0.15) is 6.10 Å². The molecule has 7 atom stereocenters. The van der Waals surface area contributed by atoms with E-state index >= 15 is 0 Å². The van der Waals surface area contributed by atoms with Gasteiger partial charge in [-0.25, -0.2) is 0 Å². The molecule has 0 aromatic carbocycles. The van der Waals surface area contributed by atoms with Crippen LogP contribution in [0.3, 0.4) is 0 Å². The fourth-order valence-electron chi connectivity index (χ4n) is 7.08. The van der Waals surface area contributed by atoms with E-state index in [0.717, 1.165) is 51.6 Å². The van der Waals surface area contributed by atoms with Crippen LogP contribution in [-0.4, -0.2) is 37.9 Å². The highest BCUT2D eigenvalue weighted by Crippen LogP contribution is 2.66. The zero-order valence-electron chi connectivity index (χ0n) is 15.0. The smallest absolute Gasteiger partial charge is 0.309 e. The summed E-state index contributed by atoms with van der Waals surface area (Å²) >= 11 is 0. The lowest BCUT2D eigenvalue weighted by Gasteiger charge is -2.60. The van der Waals surface area contributed by atoms with Crippen LogP contribution in [0.5, 0.6) is 0 Å². The number of hydrogen-bond acceptors (Lipinski definition) is 5. The van der Waals surface area contributed by atoms with Crippen LogP contribution in [0.1, 0.15) is 51.9 Å². The summed E-state index contributed by atoms with van der Waals surface area (Å²) < 4.78 is 17.0. The zero-order valence-corrected chi connectivity index (χ0v) is 15.0. The molecule has 5 heteroatoms. The first kappa shape index (κ1) is 16.1. The normalized spacial score (nSPS) is 52.0. The monoisotopic (exact) mass is 348 g/mol. The molecular weight excluding hydrogens is 320 g/mol. The van der Waals surface area contributed by atoms with E-state index in [2.05, 4.69) is 6.92 Å². The molecular formula is C20H28O5. The second-order valence-electron chi connectivity index (χ2n) is 9.28. The van der Waals surface area contributed by atoms with E-state index in [-0.39, 0.29) is 40.7 Å². The Morgan fingerprint density at radius 2 is 1.92 bits per heavy atom. The van der Waals surface area contributed by atoms with Crippen LogP contribution in [0, 0.1) is 34.5 Å². The Labute approximate surface area is 148 Å². The first-order chi connectivity index (χ1) is 12.0. The Hall–Kier alpha value is -1.10. The molecule has 0 unspecified atom stereocenters. The lowest BCUT2D eigenvalue weighted by molar-refractivity contribution is -0.203. The fraction of sp³-hybridized carbons (Fsp3) is 0.900. The van der Waals surface area contributed by atoms with Crippen molar-refractivity contribution < 1.29 is 23.8 Å². The van der Waals surface area contributed by atoms with Gasteiger partial charge in [0, 0.05) is 17.9 Å². The molecule has 25 heavy (non-hydrogen) atoms. The van der Waals surface area contributed by atoms with E-state index in [4.69, 9.17) is 14.2 Å². The first-order valence-electron chi connectivity index (χ1n) is 9.99. The topological polar surface area (TPSA) is 61.8 Å². The number of cyclic esters (lactones) is 2. The lowest BCUT2D eigenvalue weighted by Crippen LogP contribution is -2.60. The van der Waals surface area contributed by atoms with E-state index in [0.29, 0.717) is 25.0 Å². The largest absolute Gasteiger partial charge is 0.465 e. The Morgan fingerprint density at radius 3 is 2.72 bits per heavy atom. The summed E-state index contributed by atoms with van der Waals surface area (Å²) in [6, 6.07) is 0. The molecule has 0 aromatic rings. The van der Waals surface area contributed by atoms with Crippen LogP contribution in [0.2, 0.25) is 0 Å². The summed E-state index contributed by atoms with van der Waals surface area (Å²) in [6.45, 7) is 4.35. The predicted octanol–water partition coefficient (Wildman–Crippen LogP) is 2.71. The van der Waals surface area contributed by atoms with Crippen LogP contribution < -0.4 is 0 Å². The Kier molecular flexibility index (Phi) is 3.51. The van der Waals surface area contributed by atoms with Crippen LogP contribution >= 0.6 is 0 Å². The first-order valence-corrected chi connectivity index (χ1v) is 9.99. The Morgan fingerprint density at radius 1 is 1.04 bits per heavy atom. The van der Waals surface area contributed by atoms with Gasteiger partial charge in [-0.05, 0) is 49.9 Å². The molecule has 0 N–H and O–H groups in total. The van der Waals surface area contributed by atoms with Gasteiger partial charge >= 0.3 is 11.9 Å². The molecule has 5 rings (SSSR count). The van der Waals surface area contributed by atoms with Gasteiger partial charge in [-0.15, -0.1) is 0 Å². The third kappa shape index (κ3) is 2.11. The Bertz CT molecular complexity index is 597. The second kappa shape index (κ2) is 5.45. The minimum Gasteiger partial charge on any atom is -0.465 e. The van der Waals surface area contributed by atoms with Gasteiger partial charge in [0.25, 0.3) is 0 Å². The summed E-state index contributed by atoms with van der Waals surface area (Å²) in [5.74, 6) is 0.757. The van der Waals surface area contributed by atoms with Gasteiger partial charge in [0.15, 0.2) is 0 Å². The number of carbonyl (C=O) groups is 2.